The summed E-state index contributed by atoms with van der Waals surface area (Å²) in [6.45, 7) is 8.07. The molecule has 0 unspecified atom stereocenters. The molecule has 3 amide bonds. The van der Waals surface area contributed by atoms with Crippen LogP contribution in [0.5, 0.6) is 0 Å². The van der Waals surface area contributed by atoms with E-state index in [1.54, 1.807) is 48.3 Å². The molecule has 8 rings (SSSR count). The number of nitrogen functional groups attached to an aromatic ring is 2. The van der Waals surface area contributed by atoms with Gasteiger partial charge in [0.15, 0.2) is 0 Å². The first kappa shape index (κ1) is 50.1. The van der Waals surface area contributed by atoms with Gasteiger partial charge in [0.05, 0.1) is 11.4 Å². The summed E-state index contributed by atoms with van der Waals surface area (Å²) in [6.07, 6.45) is 8.93. The summed E-state index contributed by atoms with van der Waals surface area (Å²) < 4.78 is 0. The average molecular weight is 976 g/mol. The smallest absolute Gasteiger partial charge is 0.273 e. The van der Waals surface area contributed by atoms with Crippen molar-refractivity contribution in [1.82, 2.24) is 24.9 Å². The number of aromatic nitrogens is 1. The van der Waals surface area contributed by atoms with Gasteiger partial charge in [-0.15, -0.1) is 11.8 Å². The summed E-state index contributed by atoms with van der Waals surface area (Å²) in [7, 11) is 2.05. The summed E-state index contributed by atoms with van der Waals surface area (Å²) >= 11 is 1.60. The van der Waals surface area contributed by atoms with Gasteiger partial charge in [-0.05, 0) is 96.8 Å². The molecule has 1 fully saturated rings. The van der Waals surface area contributed by atoms with Gasteiger partial charge in [0.2, 0.25) is 0 Å². The Morgan fingerprint density at radius 1 is 0.662 bits per heavy atom. The second-order valence-electron chi connectivity index (χ2n) is 17.9. The lowest BCUT2D eigenvalue weighted by atomic mass is 10.0. The molecule has 0 aliphatic carbocycles. The monoisotopic (exact) mass is 975 g/mol. The standard InChI is InChI=1S/C54H61N11O5S/c1-4-16-64(69-32-35-6-13-45(55)14-7-35)53(67)41-23-38-10-9-37(26-48(38)60-50(57)28-41)43-25-46(31-59-30-43)71-34-44-22-36(8-15-47(44)56)33-70-65(17-5-2)54(68)42-24-39-11-12-40(27-49(39)61-51(58)29-42)52(66)63-20-18-62(3)19-21-63/h6-15,22-27,30-31H,4-5,16-21,28-29,32-34,55-56H2,1-3H3,(H2,57,60)(H2,58,61). The van der Waals surface area contributed by atoms with E-state index in [-0.39, 0.29) is 49.6 Å². The number of rotatable bonds is 17. The largest absolute Gasteiger partial charge is 0.399 e. The van der Waals surface area contributed by atoms with Crippen LogP contribution in [0, 0.1) is 0 Å². The predicted octanol–water partition coefficient (Wildman–Crippen LogP) is 7.89. The summed E-state index contributed by atoms with van der Waals surface area (Å²) in [5.74, 6) is 0.541. The number of amidine groups is 2. The number of nitrogens with two attached hydrogens (primary N) is 4. The number of carbonyl (C=O) groups is 3. The molecule has 1 saturated heterocycles. The predicted molar refractivity (Wildman–Crippen MR) is 282 cm³/mol. The third kappa shape index (κ3) is 12.7. The number of piperazine rings is 1. The fourth-order valence-corrected chi connectivity index (χ4v) is 9.26. The number of aliphatic imine (C=N–C) groups is 2. The van der Waals surface area contributed by atoms with E-state index in [0.717, 1.165) is 51.4 Å². The Morgan fingerprint density at radius 3 is 1.89 bits per heavy atom. The first-order chi connectivity index (χ1) is 34.3. The molecule has 0 saturated carbocycles. The third-order valence-electron chi connectivity index (χ3n) is 12.3. The first-order valence-electron chi connectivity index (χ1n) is 23.9. The number of hydrogen-bond acceptors (Lipinski definition) is 14. The van der Waals surface area contributed by atoms with Crippen molar-refractivity contribution in [3.63, 3.8) is 0 Å². The highest BCUT2D eigenvalue weighted by Gasteiger charge is 2.26. The van der Waals surface area contributed by atoms with Gasteiger partial charge < -0.3 is 32.7 Å². The van der Waals surface area contributed by atoms with Gasteiger partial charge >= 0.3 is 0 Å². The number of nitrogens with zero attached hydrogens (tertiary/aromatic N) is 7. The summed E-state index contributed by atoms with van der Waals surface area (Å²) in [6, 6.07) is 26.4. The van der Waals surface area contributed by atoms with Gasteiger partial charge in [0.25, 0.3) is 17.7 Å². The highest BCUT2D eigenvalue weighted by Crippen LogP contribution is 2.35. The van der Waals surface area contributed by atoms with Gasteiger partial charge in [-0.2, -0.15) is 0 Å². The van der Waals surface area contributed by atoms with Crippen molar-refractivity contribution in [2.75, 3.05) is 57.8 Å². The Morgan fingerprint density at radius 2 is 1.25 bits per heavy atom. The topological polar surface area (TPSA) is 224 Å². The number of pyridine rings is 1. The van der Waals surface area contributed by atoms with Gasteiger partial charge in [0.1, 0.15) is 24.9 Å². The van der Waals surface area contributed by atoms with Crippen LogP contribution in [0.3, 0.4) is 0 Å². The molecule has 16 nitrogen and oxygen atoms in total. The molecule has 3 aliphatic rings. The molecule has 368 valence electrons. The number of hydrogen-bond donors (Lipinski definition) is 4. The van der Waals surface area contributed by atoms with Crippen molar-refractivity contribution in [3.05, 3.63) is 142 Å². The molecule has 0 bridgehead atoms. The van der Waals surface area contributed by atoms with Crippen LogP contribution in [-0.4, -0.2) is 101 Å². The normalized spacial score (nSPS) is 14.7. The van der Waals surface area contributed by atoms with E-state index in [0.29, 0.717) is 95.6 Å². The average Bonchev–Trinajstić information content (AvgIpc) is 3.65. The zero-order chi connectivity index (χ0) is 50.0. The maximum Gasteiger partial charge on any atom is 0.273 e. The van der Waals surface area contributed by atoms with Gasteiger partial charge in [-0.1, -0.05) is 56.3 Å². The van der Waals surface area contributed by atoms with E-state index in [1.165, 1.54) is 10.1 Å². The minimum absolute atomic E-state index is 0.0459. The maximum absolute atomic E-state index is 14.1. The summed E-state index contributed by atoms with van der Waals surface area (Å²) in [5.41, 5.74) is 35.0. The van der Waals surface area contributed by atoms with Crippen LogP contribution in [0.1, 0.15) is 77.7 Å². The molecule has 4 aromatic carbocycles. The number of hydroxylamine groups is 4. The van der Waals surface area contributed by atoms with Crippen molar-refractivity contribution in [2.45, 2.75) is 63.4 Å². The zero-order valence-electron chi connectivity index (χ0n) is 40.5. The summed E-state index contributed by atoms with van der Waals surface area (Å²) in [4.78, 5) is 72.3. The van der Waals surface area contributed by atoms with E-state index in [4.69, 9.17) is 37.6 Å². The Kier molecular flexibility index (Phi) is 16.3. The SMILES string of the molecule is CCCN(OCc1ccc(N)c(CSc2cncc(-c3ccc4c(c3)N=C(N)CC(C(=O)N(CCC)OCc3ccc(N)cc3)=C4)c2)c1)C(=O)C1=Cc2ccc(C(=O)N3CCN(C)CC3)cc2N=C(N)C1. The lowest BCUT2D eigenvalue weighted by Gasteiger charge is -2.32. The third-order valence-corrected chi connectivity index (χ3v) is 13.3. The minimum Gasteiger partial charge on any atom is -0.399 e. The van der Waals surface area contributed by atoms with Gasteiger partial charge in [-0.25, -0.2) is 20.1 Å². The van der Waals surface area contributed by atoms with Crippen LogP contribution < -0.4 is 22.9 Å². The molecule has 4 heterocycles. The molecule has 8 N–H and O–H groups in total. The number of fused-ring (bicyclic) bond motifs is 2. The van der Waals surface area contributed by atoms with Gasteiger partial charge in [0, 0.05) is 120 Å². The fourth-order valence-electron chi connectivity index (χ4n) is 8.35. The number of anilines is 2. The lowest BCUT2D eigenvalue weighted by molar-refractivity contribution is -0.187. The lowest BCUT2D eigenvalue weighted by Crippen LogP contribution is -2.47. The van der Waals surface area contributed by atoms with Crippen LogP contribution in [0.15, 0.2) is 123 Å². The van der Waals surface area contributed by atoms with Crippen LogP contribution >= 0.6 is 11.8 Å². The van der Waals surface area contributed by atoms with E-state index < -0.39 is 0 Å². The number of likely N-dealkylation sites (N-methyl/N-ethyl adjacent to an activating group) is 1. The van der Waals surface area contributed by atoms with E-state index in [1.807, 2.05) is 92.7 Å². The van der Waals surface area contributed by atoms with Gasteiger partial charge in [-0.3, -0.25) is 29.0 Å². The fraction of sp³-hybridized carbons (Fsp3) is 0.296. The summed E-state index contributed by atoms with van der Waals surface area (Å²) in [5, 5.41) is 2.78. The Balaban J connectivity index is 0.906. The van der Waals surface area contributed by atoms with E-state index in [9.17, 15) is 14.4 Å². The van der Waals surface area contributed by atoms with Crippen molar-refractivity contribution in [1.29, 1.82) is 0 Å². The molecule has 0 spiro atoms. The second kappa shape index (κ2) is 23.1. The Bertz CT molecular complexity index is 2910. The second-order valence-corrected chi connectivity index (χ2v) is 18.9. The van der Waals surface area contributed by atoms with E-state index in [2.05, 4.69) is 20.9 Å². The molecule has 5 aromatic rings. The molecule has 0 atom stereocenters. The molecule has 1 aromatic heterocycles. The molecular weight excluding hydrogens is 915 g/mol. The van der Waals surface area contributed by atoms with Crippen LogP contribution in [0.2, 0.25) is 0 Å². The number of carbonyl (C=O) groups excluding carboxylic acids is 3. The van der Waals surface area contributed by atoms with Crippen molar-refractivity contribution in [3.8, 4) is 11.1 Å². The number of benzene rings is 4. The van der Waals surface area contributed by atoms with Crippen LogP contribution in [0.4, 0.5) is 22.7 Å². The van der Waals surface area contributed by atoms with Crippen molar-refractivity contribution in [2.24, 2.45) is 21.5 Å². The molecular formula is C54H61N11O5S. The Hall–Kier alpha value is -7.31. The first-order valence-corrected chi connectivity index (χ1v) is 24.8. The van der Waals surface area contributed by atoms with Crippen LogP contribution in [-0.2, 0) is 38.2 Å². The van der Waals surface area contributed by atoms with Crippen LogP contribution in [0.25, 0.3) is 23.3 Å². The minimum atomic E-state index is -0.304. The Labute approximate surface area is 419 Å². The van der Waals surface area contributed by atoms with Crippen molar-refractivity contribution >= 4 is 76.1 Å². The highest BCUT2D eigenvalue weighted by molar-refractivity contribution is 7.98. The molecule has 17 heteroatoms. The highest BCUT2D eigenvalue weighted by atomic mass is 32.2. The maximum atomic E-state index is 14.1. The number of thioether (sulfide) groups is 1. The molecule has 0 radical (unpaired) electrons. The van der Waals surface area contributed by atoms with E-state index >= 15 is 0 Å². The zero-order valence-corrected chi connectivity index (χ0v) is 41.3. The molecule has 71 heavy (non-hydrogen) atoms. The molecule has 3 aliphatic heterocycles. The number of amides is 3. The quantitative estimate of drug-likeness (QED) is 0.0397. The van der Waals surface area contributed by atoms with Crippen molar-refractivity contribution < 1.29 is 24.1 Å².